The second kappa shape index (κ2) is 29.3. The summed E-state index contributed by atoms with van der Waals surface area (Å²) in [5.41, 5.74) is 0. The molecule has 0 heterocycles. The summed E-state index contributed by atoms with van der Waals surface area (Å²) in [6, 6.07) is 134. The van der Waals surface area contributed by atoms with E-state index in [4.69, 9.17) is 0 Å². The van der Waals surface area contributed by atoms with Crippen molar-refractivity contribution in [1.29, 1.82) is 0 Å². The van der Waals surface area contributed by atoms with Crippen molar-refractivity contribution in [3.8, 4) is 0 Å². The molecule has 0 radical (unpaired) electrons. The Morgan fingerprint density at radius 2 is 0.299 bits per heavy atom. The van der Waals surface area contributed by atoms with Crippen LogP contribution in [0.3, 0.4) is 0 Å². The van der Waals surface area contributed by atoms with Gasteiger partial charge in [-0.1, -0.05) is 0 Å². The van der Waals surface area contributed by atoms with Gasteiger partial charge in [0.1, 0.15) is 0 Å². The summed E-state index contributed by atoms with van der Waals surface area (Å²) in [6.45, 7) is 0. The van der Waals surface area contributed by atoms with Gasteiger partial charge in [0.2, 0.25) is 0 Å². The first-order valence-electron chi connectivity index (χ1n) is 28.7. The fourth-order valence-corrected chi connectivity index (χ4v) is 56.0. The van der Waals surface area contributed by atoms with Crippen LogP contribution in [-0.2, 0) is 11.6 Å². The molecule has 12 aromatic carbocycles. The Hall–Kier alpha value is -6.36. The first-order valence-corrected chi connectivity index (χ1v) is 44.1. The fourth-order valence-electron chi connectivity index (χ4n) is 10.5. The molecule has 0 bridgehead atoms. The van der Waals surface area contributed by atoms with Crippen LogP contribution >= 0.6 is 66.9 Å². The Labute approximate surface area is 530 Å². The van der Waals surface area contributed by atoms with Crippen molar-refractivity contribution in [1.82, 2.24) is 0 Å². The zero-order chi connectivity index (χ0) is 59.1. The van der Waals surface area contributed by atoms with Gasteiger partial charge in [0.05, 0.1) is 0 Å². The zero-order valence-electron chi connectivity index (χ0n) is 47.7. The number of hydrogen-bond donors (Lipinski definition) is 0. The van der Waals surface area contributed by atoms with Crippen LogP contribution in [0.25, 0.3) is 0 Å². The van der Waals surface area contributed by atoms with Crippen LogP contribution in [0.1, 0.15) is 0 Å². The normalized spacial score (nSPS) is 12.9. The van der Waals surface area contributed by atoms with Crippen LogP contribution in [0.4, 0.5) is 0 Å². The van der Waals surface area contributed by atoms with Crippen molar-refractivity contribution in [2.75, 3.05) is 0 Å². The number of halogens is 2. The second-order valence-electron chi connectivity index (χ2n) is 20.2. The summed E-state index contributed by atoms with van der Waals surface area (Å²) in [4.78, 5) is 0. The monoisotopic (exact) mass is 1360 g/mol. The van der Waals surface area contributed by atoms with Gasteiger partial charge in [0.15, 0.2) is 0 Å². The van der Waals surface area contributed by atoms with E-state index >= 15 is 0 Å². The SMILES string of the molecule is [Cl][Ru]([Cl])([C](=CP(c1ccccc1)c1ccccc1)P(c1ccccc1)c1ccccc1)([C](=CP(c1ccccc1)c1ccccc1)P(c1ccccc1)c1ccccc1)[C](=CP(c1ccccc1)c1ccccc1)P(c1ccccc1)c1ccccc1. The molecule has 12 rings (SSSR count). The van der Waals surface area contributed by atoms with Crippen molar-refractivity contribution in [3.05, 3.63) is 393 Å². The third-order valence-corrected chi connectivity index (χ3v) is 52.5. The standard InChI is InChI=1S/3C26H21P2.2ClH.Ru/c3*1-5-13-23(14-6-1)27(24-15-7-2-8-16-24)21-22-28(25-17-9-3-10-18-25)26-19-11-4-12-20-26;;;/h3*1-21H;2*1H;/q;;;;;+2/p-2. The average Bonchev–Trinajstić information content (AvgIpc) is 0.757. The van der Waals surface area contributed by atoms with Gasteiger partial charge in [-0.2, -0.15) is 0 Å². The third kappa shape index (κ3) is 13.9. The van der Waals surface area contributed by atoms with Crippen molar-refractivity contribution >= 4 is 131 Å². The number of hydrogen-bond acceptors (Lipinski definition) is 0. The van der Waals surface area contributed by atoms with E-state index in [1.165, 1.54) is 63.7 Å². The molecule has 9 heteroatoms. The molecule has 12 aromatic rings. The molecule has 0 aliphatic carbocycles. The van der Waals surface area contributed by atoms with Gasteiger partial charge in [0.25, 0.3) is 0 Å². The van der Waals surface area contributed by atoms with Crippen LogP contribution in [0.2, 0.25) is 0 Å². The van der Waals surface area contributed by atoms with Gasteiger partial charge in [-0.15, -0.1) is 0 Å². The van der Waals surface area contributed by atoms with E-state index < -0.39 is 59.1 Å². The van der Waals surface area contributed by atoms with E-state index in [1.807, 2.05) is 0 Å². The van der Waals surface area contributed by atoms with Crippen LogP contribution in [0.15, 0.2) is 393 Å². The van der Waals surface area contributed by atoms with Crippen LogP contribution in [0, 0.1) is 0 Å². The Morgan fingerprint density at radius 3 is 0.425 bits per heavy atom. The summed E-state index contributed by atoms with van der Waals surface area (Å²) in [5, 5.41) is 14.4. The Morgan fingerprint density at radius 1 is 0.184 bits per heavy atom. The van der Waals surface area contributed by atoms with Crippen LogP contribution in [-0.4, -0.2) is 0 Å². The molecule has 427 valence electrons. The van der Waals surface area contributed by atoms with Crippen LogP contribution in [0.5, 0.6) is 0 Å². The molecule has 0 fully saturated rings. The molecule has 0 atom stereocenters. The van der Waals surface area contributed by atoms with Gasteiger partial charge in [0, 0.05) is 0 Å². The quantitative estimate of drug-likeness (QED) is 0.0497. The molecular formula is C78H63Cl2P6Ru. The molecule has 0 spiro atoms. The fraction of sp³-hybridized carbons (Fsp3) is 0. The van der Waals surface area contributed by atoms with Crippen molar-refractivity contribution < 1.29 is 11.6 Å². The van der Waals surface area contributed by atoms with E-state index in [0.29, 0.717) is 0 Å². The second-order valence-corrected chi connectivity index (χ2v) is 48.3. The molecule has 0 N–H and O–H groups in total. The predicted molar refractivity (Wildman–Crippen MR) is 390 cm³/mol. The maximum atomic E-state index is 10.7. The molecule has 0 saturated heterocycles. The molecule has 0 nitrogen and oxygen atoms in total. The zero-order valence-corrected chi connectivity index (χ0v) is 56.3. The summed E-state index contributed by atoms with van der Waals surface area (Å²) in [7, 11) is 12.6. The van der Waals surface area contributed by atoms with Crippen molar-refractivity contribution in [3.63, 3.8) is 0 Å². The van der Waals surface area contributed by atoms with E-state index in [9.17, 15) is 19.4 Å². The van der Waals surface area contributed by atoms with Crippen LogP contribution < -0.4 is 63.7 Å². The average molecular weight is 1360 g/mol. The van der Waals surface area contributed by atoms with E-state index in [0.717, 1.165) is 11.7 Å². The topological polar surface area (TPSA) is 0 Å². The van der Waals surface area contributed by atoms with Gasteiger partial charge < -0.3 is 0 Å². The predicted octanol–water partition coefficient (Wildman–Crippen LogP) is 18.2. The maximum absolute atomic E-state index is 10.7. The Balaban J connectivity index is 1.39. The van der Waals surface area contributed by atoms with Crippen molar-refractivity contribution in [2.24, 2.45) is 0 Å². The summed E-state index contributed by atoms with van der Waals surface area (Å²) in [5.74, 6) is 8.02. The number of benzene rings is 12. The van der Waals surface area contributed by atoms with E-state index in [1.54, 1.807) is 0 Å². The molecule has 87 heavy (non-hydrogen) atoms. The van der Waals surface area contributed by atoms with E-state index in [2.05, 4.69) is 381 Å². The summed E-state index contributed by atoms with van der Waals surface area (Å²) in [6.07, 6.45) is 0. The van der Waals surface area contributed by atoms with Gasteiger partial charge >= 0.3 is 535 Å². The molecule has 0 unspecified atom stereocenters. The van der Waals surface area contributed by atoms with Gasteiger partial charge in [-0.05, 0) is 0 Å². The Kier molecular flexibility index (Phi) is 20.5. The third-order valence-electron chi connectivity index (χ3n) is 14.6. The minimum atomic E-state index is -6.34. The first kappa shape index (κ1) is 60.9. The summed E-state index contributed by atoms with van der Waals surface area (Å²) < 4.78 is 3.35. The minimum absolute atomic E-state index is 1.12. The molecule has 0 saturated carbocycles. The molecule has 0 aromatic heterocycles. The Bertz CT molecular complexity index is 3510. The number of rotatable bonds is 21. The van der Waals surface area contributed by atoms with Gasteiger partial charge in [-0.25, -0.2) is 0 Å². The molecular weight excluding hydrogens is 1290 g/mol. The van der Waals surface area contributed by atoms with E-state index in [-0.39, 0.29) is 0 Å². The molecule has 0 aliphatic rings. The molecule has 0 aliphatic heterocycles. The molecule has 0 amide bonds. The summed E-state index contributed by atoms with van der Waals surface area (Å²) >= 11 is -6.34. The first-order chi connectivity index (χ1) is 42.9. The van der Waals surface area contributed by atoms with Gasteiger partial charge in [-0.3, -0.25) is 0 Å². The van der Waals surface area contributed by atoms with Crippen molar-refractivity contribution in [2.45, 2.75) is 0 Å².